The Hall–Kier alpha value is -2.12. The lowest BCUT2D eigenvalue weighted by atomic mass is 10.3. The molecule has 2 aromatic heterocycles. The minimum absolute atomic E-state index is 0.0948. The molecule has 0 aromatic carbocycles. The van der Waals surface area contributed by atoms with Gasteiger partial charge in [-0.25, -0.2) is 9.26 Å². The minimum atomic E-state index is 0.0948. The van der Waals surface area contributed by atoms with E-state index in [0.717, 1.165) is 0 Å². The molecule has 0 aliphatic heterocycles. The lowest BCUT2D eigenvalue weighted by Crippen LogP contribution is -1.92. The van der Waals surface area contributed by atoms with Crippen LogP contribution < -0.4 is 11.5 Å². The molecule has 0 saturated carbocycles. The molecule has 0 unspecified atom stereocenters. The molecule has 0 aliphatic carbocycles. The zero-order valence-corrected chi connectivity index (χ0v) is 5.76. The summed E-state index contributed by atoms with van der Waals surface area (Å²) in [5.41, 5.74) is 11.2. The van der Waals surface area contributed by atoms with Gasteiger partial charge in [0.25, 0.3) is 0 Å². The second kappa shape index (κ2) is 2.19. The highest BCUT2D eigenvalue weighted by Gasteiger charge is 2.17. The van der Waals surface area contributed by atoms with Crippen LogP contribution in [-0.4, -0.2) is 20.6 Å². The van der Waals surface area contributed by atoms with Crippen LogP contribution in [0.2, 0.25) is 0 Å². The van der Waals surface area contributed by atoms with Gasteiger partial charge in [0.2, 0.25) is 0 Å². The topological polar surface area (TPSA) is 130 Å². The molecule has 4 N–H and O–H groups in total. The fourth-order valence-electron chi connectivity index (χ4n) is 0.720. The van der Waals surface area contributed by atoms with Crippen molar-refractivity contribution in [3.05, 3.63) is 0 Å². The third-order valence-electron chi connectivity index (χ3n) is 1.25. The van der Waals surface area contributed by atoms with Crippen molar-refractivity contribution in [2.24, 2.45) is 0 Å². The van der Waals surface area contributed by atoms with Crippen molar-refractivity contribution in [1.82, 2.24) is 20.6 Å². The van der Waals surface area contributed by atoms with Gasteiger partial charge in [-0.15, -0.1) is 0 Å². The van der Waals surface area contributed by atoms with Gasteiger partial charge < -0.3 is 11.5 Å². The fraction of sp³-hybridized carbons (Fsp3) is 0. The summed E-state index contributed by atoms with van der Waals surface area (Å²) in [5.74, 6) is 0.190. The van der Waals surface area contributed by atoms with Gasteiger partial charge in [-0.3, -0.25) is 0 Å². The van der Waals surface area contributed by atoms with Crippen LogP contribution in [0.3, 0.4) is 0 Å². The van der Waals surface area contributed by atoms with Gasteiger partial charge in [0.05, 0.1) is 0 Å². The number of hydrogen-bond acceptors (Lipinski definition) is 8. The molecule has 0 radical (unpaired) electrons. The molecule has 12 heavy (non-hydrogen) atoms. The van der Waals surface area contributed by atoms with Crippen LogP contribution in [0.25, 0.3) is 11.4 Å². The summed E-state index contributed by atoms with van der Waals surface area (Å²) in [6.45, 7) is 0. The summed E-state index contributed by atoms with van der Waals surface area (Å²) < 4.78 is 8.67. The van der Waals surface area contributed by atoms with Gasteiger partial charge in [0, 0.05) is 0 Å². The van der Waals surface area contributed by atoms with Crippen LogP contribution in [0.15, 0.2) is 9.26 Å². The zero-order chi connectivity index (χ0) is 8.55. The quantitative estimate of drug-likeness (QED) is 0.570. The van der Waals surface area contributed by atoms with Crippen LogP contribution >= 0.6 is 0 Å². The molecule has 8 heteroatoms. The third-order valence-corrected chi connectivity index (χ3v) is 1.25. The monoisotopic (exact) mass is 168 g/mol. The van der Waals surface area contributed by atoms with E-state index >= 15 is 0 Å². The van der Waals surface area contributed by atoms with Gasteiger partial charge in [0.15, 0.2) is 23.0 Å². The molecule has 2 heterocycles. The molecule has 2 rings (SSSR count). The van der Waals surface area contributed by atoms with Gasteiger partial charge >= 0.3 is 0 Å². The smallest absolute Gasteiger partial charge is 0.198 e. The Kier molecular flexibility index (Phi) is 1.20. The van der Waals surface area contributed by atoms with E-state index < -0.39 is 0 Å². The van der Waals surface area contributed by atoms with Crippen LogP contribution in [-0.2, 0) is 0 Å². The van der Waals surface area contributed by atoms with Crippen LogP contribution in [0, 0.1) is 0 Å². The molecule has 0 aliphatic rings. The average molecular weight is 168 g/mol. The Morgan fingerprint density at radius 2 is 1.17 bits per heavy atom. The molecule has 0 atom stereocenters. The number of nitrogen functional groups attached to an aromatic ring is 2. The second-order valence-corrected chi connectivity index (χ2v) is 2.00. The highest BCUT2D eigenvalue weighted by atomic mass is 16.6. The first kappa shape index (κ1) is 6.58. The van der Waals surface area contributed by atoms with Crippen LogP contribution in [0.4, 0.5) is 11.6 Å². The standard InChI is InChI=1S/C4H4N6O2/c5-3-1(7-11-9-3)2-4(6)10-12-8-2/h(H2,5,9)(H2,6,10). The Balaban J connectivity index is 2.57. The maximum atomic E-state index is 5.37. The first-order valence-electron chi connectivity index (χ1n) is 2.95. The molecule has 8 nitrogen and oxygen atoms in total. The Morgan fingerprint density at radius 3 is 1.42 bits per heavy atom. The number of aromatic nitrogens is 4. The van der Waals surface area contributed by atoms with E-state index in [1.165, 1.54) is 0 Å². The SMILES string of the molecule is Nc1nonc1-c1nonc1N. The number of hydrogen-bond donors (Lipinski definition) is 2. The van der Waals surface area contributed by atoms with Crippen molar-refractivity contribution in [1.29, 1.82) is 0 Å². The van der Waals surface area contributed by atoms with E-state index in [4.69, 9.17) is 11.5 Å². The molecule has 0 saturated heterocycles. The number of rotatable bonds is 1. The summed E-state index contributed by atoms with van der Waals surface area (Å²) in [6, 6.07) is 0. The van der Waals surface area contributed by atoms with Crippen molar-refractivity contribution in [2.75, 3.05) is 11.5 Å². The van der Waals surface area contributed by atoms with Gasteiger partial charge in [-0.1, -0.05) is 0 Å². The molecular formula is C4H4N6O2. The first-order chi connectivity index (χ1) is 5.79. The predicted octanol–water partition coefficient (Wildman–Crippen LogP) is -0.716. The van der Waals surface area contributed by atoms with E-state index in [1.54, 1.807) is 0 Å². The highest BCUT2D eigenvalue weighted by molar-refractivity contribution is 5.72. The molecule has 0 bridgehead atoms. The molecular weight excluding hydrogens is 164 g/mol. The highest BCUT2D eigenvalue weighted by Crippen LogP contribution is 2.23. The first-order valence-corrected chi connectivity index (χ1v) is 2.95. The number of nitrogens with zero attached hydrogens (tertiary/aromatic N) is 4. The largest absolute Gasteiger partial charge is 0.379 e. The van der Waals surface area contributed by atoms with Gasteiger partial charge in [-0.2, -0.15) is 0 Å². The van der Waals surface area contributed by atoms with Gasteiger partial charge in [0.1, 0.15) is 0 Å². The third kappa shape index (κ3) is 0.779. The molecule has 0 spiro atoms. The lowest BCUT2D eigenvalue weighted by Gasteiger charge is -1.85. The normalized spacial score (nSPS) is 10.3. The maximum Gasteiger partial charge on any atom is 0.198 e. The predicted molar refractivity (Wildman–Crippen MR) is 36.4 cm³/mol. The van der Waals surface area contributed by atoms with E-state index in [0.29, 0.717) is 0 Å². The van der Waals surface area contributed by atoms with Crippen molar-refractivity contribution >= 4 is 11.6 Å². The van der Waals surface area contributed by atoms with Gasteiger partial charge in [-0.05, 0) is 20.6 Å². The number of nitrogens with two attached hydrogens (primary N) is 2. The molecule has 62 valence electrons. The minimum Gasteiger partial charge on any atom is -0.379 e. The Morgan fingerprint density at radius 1 is 0.750 bits per heavy atom. The van der Waals surface area contributed by atoms with Crippen molar-refractivity contribution in [3.63, 3.8) is 0 Å². The summed E-state index contributed by atoms with van der Waals surface area (Å²) in [7, 11) is 0. The second-order valence-electron chi connectivity index (χ2n) is 2.00. The van der Waals surface area contributed by atoms with Crippen LogP contribution in [0.1, 0.15) is 0 Å². The fourth-order valence-corrected chi connectivity index (χ4v) is 0.720. The van der Waals surface area contributed by atoms with Crippen molar-refractivity contribution < 1.29 is 9.26 Å². The number of anilines is 2. The average Bonchev–Trinajstić information content (AvgIpc) is 2.59. The van der Waals surface area contributed by atoms with E-state index in [-0.39, 0.29) is 23.0 Å². The Bertz CT molecular complexity index is 353. The summed E-state index contributed by atoms with van der Waals surface area (Å²) in [4.78, 5) is 0. The van der Waals surface area contributed by atoms with Crippen molar-refractivity contribution in [2.45, 2.75) is 0 Å². The molecule has 0 fully saturated rings. The molecule has 2 aromatic rings. The molecule has 0 amide bonds. The maximum absolute atomic E-state index is 5.37. The lowest BCUT2D eigenvalue weighted by molar-refractivity contribution is 0.305. The summed E-state index contributed by atoms with van der Waals surface area (Å²) >= 11 is 0. The summed E-state index contributed by atoms with van der Waals surface area (Å²) in [5, 5.41) is 13.6. The van der Waals surface area contributed by atoms with E-state index in [2.05, 4.69) is 29.9 Å². The van der Waals surface area contributed by atoms with Crippen LogP contribution in [0.5, 0.6) is 0 Å². The summed E-state index contributed by atoms with van der Waals surface area (Å²) in [6.07, 6.45) is 0. The van der Waals surface area contributed by atoms with E-state index in [9.17, 15) is 0 Å². The van der Waals surface area contributed by atoms with E-state index in [1.807, 2.05) is 0 Å². The Labute approximate surface area is 65.4 Å². The zero-order valence-electron chi connectivity index (χ0n) is 5.76. The van der Waals surface area contributed by atoms with Crippen molar-refractivity contribution in [3.8, 4) is 11.4 Å².